The van der Waals surface area contributed by atoms with E-state index in [0.29, 0.717) is 37.6 Å². The Labute approximate surface area is 144 Å². The molecule has 0 spiro atoms. The topological polar surface area (TPSA) is 77.2 Å². The zero-order chi connectivity index (χ0) is 17.6. The molecule has 1 amide bonds. The van der Waals surface area contributed by atoms with Gasteiger partial charge in [0.2, 0.25) is 0 Å². The molecule has 0 saturated carbocycles. The summed E-state index contributed by atoms with van der Waals surface area (Å²) in [5.74, 6) is 0.908. The number of hydrogen-bond acceptors (Lipinski definition) is 4. The van der Waals surface area contributed by atoms with Gasteiger partial charge in [-0.05, 0) is 31.4 Å². The molecule has 130 valence electrons. The number of nitrogens with zero attached hydrogens (tertiary/aromatic N) is 4. The van der Waals surface area contributed by atoms with Crippen molar-refractivity contribution in [3.05, 3.63) is 62.4 Å². The lowest BCUT2D eigenvalue weighted by Gasteiger charge is -2.34. The van der Waals surface area contributed by atoms with E-state index in [1.807, 2.05) is 35.2 Å². The molecule has 7 nitrogen and oxygen atoms in total. The second-order valence-corrected chi connectivity index (χ2v) is 6.67. The largest absolute Gasteiger partial charge is 0.338 e. The Morgan fingerprint density at radius 3 is 2.64 bits per heavy atom. The first-order valence-corrected chi connectivity index (χ1v) is 8.66. The highest BCUT2D eigenvalue weighted by atomic mass is 16.2. The maximum atomic E-state index is 12.7. The third-order valence-electron chi connectivity index (χ3n) is 5.27. The van der Waals surface area contributed by atoms with Crippen LogP contribution >= 0.6 is 0 Å². The van der Waals surface area contributed by atoms with Crippen molar-refractivity contribution in [2.45, 2.75) is 32.4 Å². The van der Waals surface area contributed by atoms with Crippen LogP contribution in [-0.2, 0) is 13.1 Å². The number of fused-ring (bicyclic) bond motifs is 3. The van der Waals surface area contributed by atoms with E-state index >= 15 is 0 Å². The van der Waals surface area contributed by atoms with Crippen molar-refractivity contribution in [1.29, 1.82) is 0 Å². The third-order valence-corrected chi connectivity index (χ3v) is 5.27. The molecule has 2 aromatic rings. The average molecular weight is 340 g/mol. The van der Waals surface area contributed by atoms with Crippen LogP contribution in [0.5, 0.6) is 0 Å². The summed E-state index contributed by atoms with van der Waals surface area (Å²) in [6.45, 7) is 3.89. The standard InChI is InChI=1S/C18H20N4O3/c1-2-22-18(25)17(24)21-10-13-8-9-20(11-14(13)15(21)19-22)16(23)12-6-4-3-5-7-12/h3-7,13-14H,2,8-11H2,1H3/t13-,14-/m1/s1. The maximum Gasteiger partial charge on any atom is 0.332 e. The van der Waals surface area contributed by atoms with Crippen LogP contribution in [0, 0.1) is 5.92 Å². The fourth-order valence-corrected chi connectivity index (χ4v) is 3.91. The van der Waals surface area contributed by atoms with E-state index < -0.39 is 11.1 Å². The van der Waals surface area contributed by atoms with Gasteiger partial charge < -0.3 is 4.90 Å². The minimum atomic E-state index is -0.567. The van der Waals surface area contributed by atoms with Crippen molar-refractivity contribution in [2.75, 3.05) is 13.1 Å². The predicted molar refractivity (Wildman–Crippen MR) is 91.6 cm³/mol. The molecule has 25 heavy (non-hydrogen) atoms. The molecule has 2 aliphatic heterocycles. The van der Waals surface area contributed by atoms with E-state index in [2.05, 4.69) is 5.10 Å². The van der Waals surface area contributed by atoms with Crippen molar-refractivity contribution in [3.63, 3.8) is 0 Å². The van der Waals surface area contributed by atoms with E-state index in [0.717, 1.165) is 6.42 Å². The Morgan fingerprint density at radius 1 is 1.16 bits per heavy atom. The van der Waals surface area contributed by atoms with Crippen molar-refractivity contribution < 1.29 is 4.79 Å². The van der Waals surface area contributed by atoms with Crippen LogP contribution in [0.2, 0.25) is 0 Å². The van der Waals surface area contributed by atoms with Crippen LogP contribution in [-0.4, -0.2) is 38.2 Å². The van der Waals surface area contributed by atoms with Crippen LogP contribution < -0.4 is 11.1 Å². The van der Waals surface area contributed by atoms with Crippen LogP contribution in [0.25, 0.3) is 0 Å². The molecule has 1 saturated heterocycles. The van der Waals surface area contributed by atoms with E-state index in [1.165, 1.54) is 9.25 Å². The number of piperidine rings is 1. The SMILES string of the molecule is CCn1nc2n(c(=O)c1=O)C[C@H]1CCN(C(=O)c3ccccc3)C[C@@H]21. The predicted octanol–water partition coefficient (Wildman–Crippen LogP) is 0.684. The van der Waals surface area contributed by atoms with Crippen molar-refractivity contribution in [2.24, 2.45) is 5.92 Å². The molecule has 2 aliphatic rings. The van der Waals surface area contributed by atoms with Crippen LogP contribution in [0.15, 0.2) is 39.9 Å². The van der Waals surface area contributed by atoms with Gasteiger partial charge in [0.1, 0.15) is 5.82 Å². The first-order chi connectivity index (χ1) is 12.1. The highest BCUT2D eigenvalue weighted by Gasteiger charge is 2.41. The van der Waals surface area contributed by atoms with Gasteiger partial charge in [0.15, 0.2) is 0 Å². The number of benzene rings is 1. The summed E-state index contributed by atoms with van der Waals surface area (Å²) >= 11 is 0. The van der Waals surface area contributed by atoms with E-state index in [-0.39, 0.29) is 17.7 Å². The third kappa shape index (κ3) is 2.50. The summed E-state index contributed by atoms with van der Waals surface area (Å²) in [7, 11) is 0. The van der Waals surface area contributed by atoms with Gasteiger partial charge in [-0.1, -0.05) is 18.2 Å². The lowest BCUT2D eigenvalue weighted by Crippen LogP contribution is -2.44. The lowest BCUT2D eigenvalue weighted by atomic mass is 9.87. The second-order valence-electron chi connectivity index (χ2n) is 6.67. The number of rotatable bonds is 2. The molecule has 1 aromatic heterocycles. The number of likely N-dealkylation sites (tertiary alicyclic amines) is 1. The normalized spacial score (nSPS) is 21.7. The number of hydrogen-bond donors (Lipinski definition) is 0. The van der Waals surface area contributed by atoms with Crippen molar-refractivity contribution in [1.82, 2.24) is 19.2 Å². The van der Waals surface area contributed by atoms with Crippen LogP contribution in [0.4, 0.5) is 0 Å². The van der Waals surface area contributed by atoms with Crippen molar-refractivity contribution in [3.8, 4) is 0 Å². The number of carbonyl (C=O) groups is 1. The van der Waals surface area contributed by atoms with Crippen LogP contribution in [0.3, 0.4) is 0 Å². The summed E-state index contributed by atoms with van der Waals surface area (Å²) in [6, 6.07) is 9.22. The van der Waals surface area contributed by atoms with Gasteiger partial charge in [0.25, 0.3) is 5.91 Å². The summed E-state index contributed by atoms with van der Waals surface area (Å²) < 4.78 is 2.74. The monoisotopic (exact) mass is 340 g/mol. The van der Waals surface area contributed by atoms with Crippen LogP contribution in [0.1, 0.15) is 35.4 Å². The zero-order valence-electron chi connectivity index (χ0n) is 14.1. The molecule has 3 heterocycles. The first-order valence-electron chi connectivity index (χ1n) is 8.66. The minimum absolute atomic E-state index is 0.00339. The molecular weight excluding hydrogens is 320 g/mol. The van der Waals surface area contributed by atoms with Gasteiger partial charge in [-0.25, -0.2) is 4.68 Å². The van der Waals surface area contributed by atoms with E-state index in [9.17, 15) is 14.4 Å². The first kappa shape index (κ1) is 15.8. The van der Waals surface area contributed by atoms with Gasteiger partial charge >= 0.3 is 11.1 Å². The zero-order valence-corrected chi connectivity index (χ0v) is 14.1. The Balaban J connectivity index is 1.66. The molecule has 0 N–H and O–H groups in total. The fraction of sp³-hybridized carbons (Fsp3) is 0.444. The molecule has 1 aromatic carbocycles. The summed E-state index contributed by atoms with van der Waals surface area (Å²) in [6.07, 6.45) is 0.812. The highest BCUT2D eigenvalue weighted by Crippen LogP contribution is 2.37. The molecule has 0 bridgehead atoms. The molecule has 0 unspecified atom stereocenters. The number of aryl methyl sites for hydroxylation is 1. The van der Waals surface area contributed by atoms with E-state index in [1.54, 1.807) is 6.92 Å². The average Bonchev–Trinajstić information content (AvgIpc) is 3.02. The van der Waals surface area contributed by atoms with Crippen molar-refractivity contribution >= 4 is 5.91 Å². The van der Waals surface area contributed by atoms with E-state index in [4.69, 9.17) is 0 Å². The molecule has 7 heteroatoms. The Bertz CT molecular complexity index is 932. The van der Waals surface area contributed by atoms with Gasteiger partial charge in [-0.2, -0.15) is 5.10 Å². The molecular formula is C18H20N4O3. The number of amides is 1. The lowest BCUT2D eigenvalue weighted by molar-refractivity contribution is 0.0667. The fourth-order valence-electron chi connectivity index (χ4n) is 3.91. The molecule has 2 atom stereocenters. The minimum Gasteiger partial charge on any atom is -0.338 e. The number of carbonyl (C=O) groups excluding carboxylic acids is 1. The number of aromatic nitrogens is 3. The molecule has 0 radical (unpaired) electrons. The van der Waals surface area contributed by atoms with Gasteiger partial charge in [0.05, 0.1) is 0 Å². The van der Waals surface area contributed by atoms with Gasteiger partial charge in [0, 0.05) is 37.7 Å². The Kier molecular flexibility index (Phi) is 3.78. The Morgan fingerprint density at radius 2 is 1.92 bits per heavy atom. The van der Waals surface area contributed by atoms with Gasteiger partial charge in [-0.15, -0.1) is 0 Å². The molecule has 4 rings (SSSR count). The quantitative estimate of drug-likeness (QED) is 0.754. The maximum absolute atomic E-state index is 12.7. The van der Waals surface area contributed by atoms with Gasteiger partial charge in [-0.3, -0.25) is 19.0 Å². The summed E-state index contributed by atoms with van der Waals surface area (Å²) in [5, 5.41) is 4.41. The highest BCUT2D eigenvalue weighted by molar-refractivity contribution is 5.94. The smallest absolute Gasteiger partial charge is 0.332 e. The summed E-state index contributed by atoms with van der Waals surface area (Å²) in [4.78, 5) is 38.9. The summed E-state index contributed by atoms with van der Waals surface area (Å²) in [5.41, 5.74) is -0.396. The molecule has 1 fully saturated rings. The Hall–Kier alpha value is -2.70. The second kappa shape index (κ2) is 5.98. The molecule has 0 aliphatic carbocycles.